The molecule has 6 heteroatoms. The highest BCUT2D eigenvalue weighted by Gasteiger charge is 2.24. The summed E-state index contributed by atoms with van der Waals surface area (Å²) in [7, 11) is 0. The first kappa shape index (κ1) is 25.0. The number of rotatable bonds is 11. The Bertz CT molecular complexity index is 1520. The molecule has 3 heterocycles. The lowest BCUT2D eigenvalue weighted by Gasteiger charge is -2.16. The molecule has 37 heavy (non-hydrogen) atoms. The molecule has 0 N–H and O–H groups in total. The van der Waals surface area contributed by atoms with Crippen molar-refractivity contribution in [2.75, 3.05) is 0 Å². The number of para-hydroxylation sites is 2. The molecule has 0 aliphatic carbocycles. The Morgan fingerprint density at radius 2 is 1.62 bits per heavy atom. The minimum Gasteiger partial charge on any atom is -0.424 e. The van der Waals surface area contributed by atoms with Crippen molar-refractivity contribution in [1.82, 2.24) is 18.9 Å². The van der Waals surface area contributed by atoms with Crippen LogP contribution in [0.15, 0.2) is 60.8 Å². The van der Waals surface area contributed by atoms with Crippen LogP contribution in [0.1, 0.15) is 83.1 Å². The lowest BCUT2D eigenvalue weighted by Crippen LogP contribution is -2.09. The van der Waals surface area contributed by atoms with Gasteiger partial charge in [0.25, 0.3) is 0 Å². The molecule has 0 saturated heterocycles. The number of unbranched alkanes of at least 4 members (excludes halogenated alkanes) is 4. The molecule has 6 nitrogen and oxygen atoms in total. The molecule has 192 valence electrons. The van der Waals surface area contributed by atoms with Gasteiger partial charge in [-0.1, -0.05) is 82.0 Å². The summed E-state index contributed by atoms with van der Waals surface area (Å²) < 4.78 is 10.3. The van der Waals surface area contributed by atoms with Crippen LogP contribution in [0.25, 0.3) is 27.7 Å². The zero-order valence-corrected chi connectivity index (χ0v) is 22.1. The molecular weight excluding hydrogens is 460 g/mol. The quantitative estimate of drug-likeness (QED) is 0.139. The van der Waals surface area contributed by atoms with E-state index in [1.807, 2.05) is 30.5 Å². The van der Waals surface area contributed by atoms with Crippen molar-refractivity contribution in [3.8, 4) is 5.75 Å². The van der Waals surface area contributed by atoms with Gasteiger partial charge in [0.1, 0.15) is 16.9 Å². The molecule has 2 aromatic carbocycles. The monoisotopic (exact) mass is 496 g/mol. The summed E-state index contributed by atoms with van der Waals surface area (Å²) in [5.41, 5.74) is 4.72. The molecule has 5 aromatic rings. The third-order valence-electron chi connectivity index (χ3n) is 7.16. The maximum absolute atomic E-state index is 12.9. The number of fused-ring (bicyclic) bond motifs is 5. The maximum atomic E-state index is 12.9. The number of hydrogen-bond acceptors (Lipinski definition) is 4. The molecule has 0 spiro atoms. The van der Waals surface area contributed by atoms with E-state index in [1.54, 1.807) is 0 Å². The zero-order valence-electron chi connectivity index (χ0n) is 22.1. The number of aromatic nitrogens is 4. The van der Waals surface area contributed by atoms with Crippen LogP contribution in [-0.2, 0) is 11.2 Å². The van der Waals surface area contributed by atoms with Crippen LogP contribution in [0, 0.1) is 0 Å². The van der Waals surface area contributed by atoms with Crippen LogP contribution in [0.5, 0.6) is 5.75 Å². The molecule has 1 atom stereocenters. The van der Waals surface area contributed by atoms with Gasteiger partial charge in [-0.2, -0.15) is 0 Å². The van der Waals surface area contributed by atoms with Gasteiger partial charge in [-0.05, 0) is 37.5 Å². The predicted octanol–water partition coefficient (Wildman–Crippen LogP) is 7.66. The van der Waals surface area contributed by atoms with Gasteiger partial charge in [0.05, 0.1) is 23.3 Å². The normalized spacial score (nSPS) is 12.5. The number of nitrogens with zero attached hydrogens (tertiary/aromatic N) is 4. The first-order valence-corrected chi connectivity index (χ1v) is 13.7. The SMILES string of the molecule is CCCCCC(=O)Oc1cn(C(C)c2ccccc2)c2nc(CCCCC)n3c4ccccc4nc3c12. The van der Waals surface area contributed by atoms with Crippen molar-refractivity contribution in [2.24, 2.45) is 0 Å². The number of carbonyl (C=O) groups is 1. The van der Waals surface area contributed by atoms with Crippen molar-refractivity contribution in [1.29, 1.82) is 0 Å². The predicted molar refractivity (Wildman–Crippen MR) is 149 cm³/mol. The van der Waals surface area contributed by atoms with Crippen molar-refractivity contribution >= 4 is 33.7 Å². The van der Waals surface area contributed by atoms with Gasteiger partial charge in [0.2, 0.25) is 0 Å². The molecule has 0 radical (unpaired) electrons. The second kappa shape index (κ2) is 11.2. The fourth-order valence-corrected chi connectivity index (χ4v) is 5.10. The van der Waals surface area contributed by atoms with Gasteiger partial charge in [0, 0.05) is 12.8 Å². The number of hydrogen-bond donors (Lipinski definition) is 0. The standard InChI is InChI=1S/C31H36N4O2/c1-4-6-9-19-27-33-30-29(31-32-24-17-13-14-18-25(24)35(27)31)26(37-28(36)20-10-7-5-2)21-34(30)22(3)23-15-11-8-12-16-23/h8,11-18,21-22H,4-7,9-10,19-20H2,1-3H3. The van der Waals surface area contributed by atoms with E-state index in [4.69, 9.17) is 14.7 Å². The molecule has 0 aliphatic rings. The zero-order chi connectivity index (χ0) is 25.8. The summed E-state index contributed by atoms with van der Waals surface area (Å²) >= 11 is 0. The summed E-state index contributed by atoms with van der Waals surface area (Å²) in [6, 6.07) is 18.5. The Kier molecular flexibility index (Phi) is 7.54. The van der Waals surface area contributed by atoms with E-state index in [0.29, 0.717) is 12.2 Å². The first-order valence-electron chi connectivity index (χ1n) is 13.7. The molecule has 3 aromatic heterocycles. The van der Waals surface area contributed by atoms with Gasteiger partial charge in [-0.15, -0.1) is 0 Å². The summed E-state index contributed by atoms with van der Waals surface area (Å²) in [6.45, 7) is 6.51. The van der Waals surface area contributed by atoms with Crippen LogP contribution in [0.4, 0.5) is 0 Å². The summed E-state index contributed by atoms with van der Waals surface area (Å²) in [6.07, 6.45) is 9.48. The second-order valence-electron chi connectivity index (χ2n) is 9.86. The Hall–Kier alpha value is -3.67. The molecule has 0 fully saturated rings. The number of aryl methyl sites for hydroxylation is 1. The minimum absolute atomic E-state index is 0.0130. The molecular formula is C31H36N4O2. The molecule has 0 amide bonds. The van der Waals surface area contributed by atoms with E-state index in [2.05, 4.69) is 60.1 Å². The average molecular weight is 497 g/mol. The van der Waals surface area contributed by atoms with Gasteiger partial charge in [0.15, 0.2) is 11.4 Å². The molecule has 5 rings (SSSR count). The van der Waals surface area contributed by atoms with Crippen LogP contribution in [-0.4, -0.2) is 24.9 Å². The summed E-state index contributed by atoms with van der Waals surface area (Å²) in [4.78, 5) is 23.1. The third kappa shape index (κ3) is 4.97. The highest BCUT2D eigenvalue weighted by molar-refractivity contribution is 6.01. The van der Waals surface area contributed by atoms with Crippen LogP contribution in [0.2, 0.25) is 0 Å². The van der Waals surface area contributed by atoms with E-state index in [0.717, 1.165) is 78.5 Å². The van der Waals surface area contributed by atoms with Gasteiger partial charge >= 0.3 is 5.97 Å². The second-order valence-corrected chi connectivity index (χ2v) is 9.86. The van der Waals surface area contributed by atoms with E-state index in [-0.39, 0.29) is 12.0 Å². The number of carbonyl (C=O) groups excluding carboxylic acids is 1. The highest BCUT2D eigenvalue weighted by atomic mass is 16.5. The van der Waals surface area contributed by atoms with E-state index < -0.39 is 0 Å². The molecule has 0 aliphatic heterocycles. The fourth-order valence-electron chi connectivity index (χ4n) is 5.10. The van der Waals surface area contributed by atoms with E-state index >= 15 is 0 Å². The van der Waals surface area contributed by atoms with Gasteiger partial charge < -0.3 is 9.30 Å². The number of esters is 1. The van der Waals surface area contributed by atoms with Crippen LogP contribution in [0.3, 0.4) is 0 Å². The van der Waals surface area contributed by atoms with Crippen molar-refractivity contribution in [3.63, 3.8) is 0 Å². The topological polar surface area (TPSA) is 61.4 Å². The van der Waals surface area contributed by atoms with Crippen molar-refractivity contribution in [2.45, 2.75) is 78.2 Å². The largest absolute Gasteiger partial charge is 0.424 e. The lowest BCUT2D eigenvalue weighted by atomic mass is 10.1. The van der Waals surface area contributed by atoms with Gasteiger partial charge in [-0.25, -0.2) is 9.97 Å². The van der Waals surface area contributed by atoms with Crippen LogP contribution < -0.4 is 4.74 Å². The lowest BCUT2D eigenvalue weighted by molar-refractivity contribution is -0.134. The summed E-state index contributed by atoms with van der Waals surface area (Å²) in [5.74, 6) is 1.32. The first-order chi connectivity index (χ1) is 18.1. The number of ether oxygens (including phenoxy) is 1. The minimum atomic E-state index is -0.207. The Labute approximate surface area is 218 Å². The van der Waals surface area contributed by atoms with E-state index in [1.165, 1.54) is 5.56 Å². The molecule has 1 unspecified atom stereocenters. The fraction of sp³-hybridized carbons (Fsp3) is 0.387. The third-order valence-corrected chi connectivity index (χ3v) is 7.16. The number of imidazole rings is 1. The van der Waals surface area contributed by atoms with E-state index in [9.17, 15) is 4.79 Å². The molecule has 0 saturated carbocycles. The van der Waals surface area contributed by atoms with Gasteiger partial charge in [-0.3, -0.25) is 9.20 Å². The van der Waals surface area contributed by atoms with Crippen LogP contribution >= 0.6 is 0 Å². The molecule has 0 bridgehead atoms. The van der Waals surface area contributed by atoms with Crippen molar-refractivity contribution < 1.29 is 9.53 Å². The van der Waals surface area contributed by atoms with Crippen molar-refractivity contribution in [3.05, 3.63) is 72.2 Å². The summed E-state index contributed by atoms with van der Waals surface area (Å²) in [5, 5.41) is 0.794. The maximum Gasteiger partial charge on any atom is 0.311 e. The Morgan fingerprint density at radius 1 is 0.892 bits per heavy atom. The Balaban J connectivity index is 1.73. The highest BCUT2D eigenvalue weighted by Crippen LogP contribution is 2.36. The number of benzene rings is 2. The average Bonchev–Trinajstić information content (AvgIpc) is 3.47. The Morgan fingerprint density at radius 3 is 2.41 bits per heavy atom. The smallest absolute Gasteiger partial charge is 0.311 e.